The Morgan fingerprint density at radius 2 is 1.53 bits per heavy atom. The van der Waals surface area contributed by atoms with Crippen molar-refractivity contribution in [3.8, 4) is 0 Å². The van der Waals surface area contributed by atoms with E-state index in [1.807, 2.05) is 70.2 Å². The lowest BCUT2D eigenvalue weighted by molar-refractivity contribution is -0.216. The van der Waals surface area contributed by atoms with Crippen LogP contribution in [0.5, 0.6) is 0 Å². The molecular formula is C39H52O8. The molecule has 1 aliphatic heterocycles. The van der Waals surface area contributed by atoms with Crippen LogP contribution < -0.4 is 0 Å². The summed E-state index contributed by atoms with van der Waals surface area (Å²) < 4.78 is 10.8. The van der Waals surface area contributed by atoms with E-state index in [2.05, 4.69) is 5.73 Å². The molecule has 47 heavy (non-hydrogen) atoms. The third-order valence-electron chi connectivity index (χ3n) is 9.26. The van der Waals surface area contributed by atoms with Gasteiger partial charge in [-0.25, -0.2) is 4.79 Å². The molecule has 0 bridgehead atoms. The number of carbonyl (C=O) groups is 2. The minimum atomic E-state index is -1.66. The van der Waals surface area contributed by atoms with Crippen LogP contribution in [0.25, 0.3) is 0 Å². The molecule has 1 heterocycles. The lowest BCUT2D eigenvalue weighted by Crippen LogP contribution is -2.65. The molecule has 2 aliphatic carbocycles. The van der Waals surface area contributed by atoms with E-state index in [4.69, 9.17) is 9.47 Å². The third-order valence-corrected chi connectivity index (χ3v) is 9.26. The second kappa shape index (κ2) is 14.3. The fourth-order valence-corrected chi connectivity index (χ4v) is 7.11. The highest BCUT2D eigenvalue weighted by Crippen LogP contribution is 2.50. The van der Waals surface area contributed by atoms with Gasteiger partial charge in [-0.3, -0.25) is 4.79 Å². The number of ether oxygens (including phenoxy) is 2. The summed E-state index contributed by atoms with van der Waals surface area (Å²) in [5.74, 6) is -0.530. The standard InChI is InChI=1S/C39H52O8/c1-26(16-17-33-35(4,5)24-32(46-28(3)40)25-37(33,8)43)14-12-10-11-13-15-27(2)20-31-21-29(34(42)47-31)18-19-39(45)36(6,7)22-30(41)23-38(39,9)44/h10-16,18-21,30,32,41,43-45H,22-25H2,1-9H3/b12-10+,13-11+,19-18+,26-14+,27-15+,31-20-/t17?,30-,32-,37+,38+,39-/m0/s1. The Labute approximate surface area is 279 Å². The van der Waals surface area contributed by atoms with E-state index >= 15 is 0 Å². The fraction of sp³-hybridized carbons (Fsp3) is 0.513. The van der Waals surface area contributed by atoms with Gasteiger partial charge in [-0.05, 0) is 87.5 Å². The Hall–Kier alpha value is -3.52. The van der Waals surface area contributed by atoms with Gasteiger partial charge >= 0.3 is 11.9 Å². The van der Waals surface area contributed by atoms with Gasteiger partial charge in [0.05, 0.1) is 22.9 Å². The van der Waals surface area contributed by atoms with Crippen molar-refractivity contribution >= 4 is 11.9 Å². The monoisotopic (exact) mass is 648 g/mol. The number of aliphatic hydroxyl groups excluding tert-OH is 1. The van der Waals surface area contributed by atoms with Crippen molar-refractivity contribution in [2.24, 2.45) is 10.8 Å². The van der Waals surface area contributed by atoms with Gasteiger partial charge < -0.3 is 29.9 Å². The molecule has 0 aromatic carbocycles. The molecule has 2 fully saturated rings. The van der Waals surface area contributed by atoms with Crippen molar-refractivity contribution in [1.29, 1.82) is 0 Å². The Morgan fingerprint density at radius 1 is 0.915 bits per heavy atom. The molecule has 0 amide bonds. The number of carbonyl (C=O) groups excluding carboxylic acids is 2. The molecule has 3 aliphatic rings. The van der Waals surface area contributed by atoms with E-state index in [0.717, 1.165) is 16.7 Å². The molecule has 8 heteroatoms. The summed E-state index contributed by atoms with van der Waals surface area (Å²) in [6.45, 7) is 16.0. The van der Waals surface area contributed by atoms with E-state index in [0.29, 0.717) is 25.0 Å². The molecule has 0 spiro atoms. The van der Waals surface area contributed by atoms with Crippen molar-refractivity contribution in [2.45, 2.75) is 117 Å². The summed E-state index contributed by atoms with van der Waals surface area (Å²) in [5, 5.41) is 43.7. The van der Waals surface area contributed by atoms with Gasteiger partial charge in [-0.15, -0.1) is 5.73 Å². The SMILES string of the molecule is CC(=O)O[C@H]1CC(C)(C)C(=C=C/C(C)=C/C=C/C=C/C=C(C)/C=C2C=C(/C=C/[C@]3(O)C(C)(C)C[C@H](O)C[C@@]3(C)O)C(=O)O/2)[C@](C)(O)C1. The molecule has 2 saturated carbocycles. The van der Waals surface area contributed by atoms with Crippen molar-refractivity contribution in [3.05, 3.63) is 101 Å². The van der Waals surface area contributed by atoms with Crippen molar-refractivity contribution in [3.63, 3.8) is 0 Å². The topological polar surface area (TPSA) is 134 Å². The average molecular weight is 649 g/mol. The molecule has 256 valence electrons. The predicted molar refractivity (Wildman–Crippen MR) is 183 cm³/mol. The summed E-state index contributed by atoms with van der Waals surface area (Å²) in [5.41, 5.74) is 0.548. The van der Waals surface area contributed by atoms with Gasteiger partial charge in [0.1, 0.15) is 17.5 Å². The minimum absolute atomic E-state index is 0.0218. The Balaban J connectivity index is 1.65. The quantitative estimate of drug-likeness (QED) is 0.140. The van der Waals surface area contributed by atoms with E-state index in [1.165, 1.54) is 26.0 Å². The molecule has 0 aromatic heterocycles. The second-order valence-corrected chi connectivity index (χ2v) is 14.9. The number of esters is 2. The van der Waals surface area contributed by atoms with Crippen LogP contribution in [0.2, 0.25) is 0 Å². The highest BCUT2D eigenvalue weighted by atomic mass is 16.5. The smallest absolute Gasteiger partial charge is 0.343 e. The Kier molecular flexibility index (Phi) is 11.5. The second-order valence-electron chi connectivity index (χ2n) is 14.9. The maximum atomic E-state index is 12.5. The zero-order valence-corrected chi connectivity index (χ0v) is 29.3. The average Bonchev–Trinajstić information content (AvgIpc) is 3.24. The first-order valence-electron chi connectivity index (χ1n) is 16.1. The largest absolute Gasteiger partial charge is 0.462 e. The first-order chi connectivity index (χ1) is 21.6. The number of cyclic esters (lactones) is 1. The van der Waals surface area contributed by atoms with Crippen LogP contribution in [-0.2, 0) is 19.1 Å². The van der Waals surface area contributed by atoms with Crippen LogP contribution in [0.4, 0.5) is 0 Å². The molecule has 4 N–H and O–H groups in total. The van der Waals surface area contributed by atoms with Gasteiger partial charge in [0.15, 0.2) is 0 Å². The van der Waals surface area contributed by atoms with Crippen LogP contribution >= 0.6 is 0 Å². The highest BCUT2D eigenvalue weighted by molar-refractivity contribution is 5.95. The zero-order valence-electron chi connectivity index (χ0n) is 29.3. The van der Waals surface area contributed by atoms with Gasteiger partial charge in [-0.2, -0.15) is 0 Å². The van der Waals surface area contributed by atoms with Gasteiger partial charge in [0.2, 0.25) is 0 Å². The third kappa shape index (κ3) is 9.31. The van der Waals surface area contributed by atoms with Crippen molar-refractivity contribution < 1.29 is 39.5 Å². The van der Waals surface area contributed by atoms with Crippen molar-refractivity contribution in [1.82, 2.24) is 0 Å². The van der Waals surface area contributed by atoms with Crippen LogP contribution in [0.3, 0.4) is 0 Å². The fourth-order valence-electron chi connectivity index (χ4n) is 7.11. The molecule has 0 unspecified atom stereocenters. The predicted octanol–water partition coefficient (Wildman–Crippen LogP) is 6.16. The molecule has 8 nitrogen and oxygen atoms in total. The van der Waals surface area contributed by atoms with Crippen LogP contribution in [0, 0.1) is 10.8 Å². The summed E-state index contributed by atoms with van der Waals surface area (Å²) in [6.07, 6.45) is 19.6. The first kappa shape index (κ1) is 37.9. The lowest BCUT2D eigenvalue weighted by Gasteiger charge is -2.54. The van der Waals surface area contributed by atoms with Gasteiger partial charge in [0, 0.05) is 30.8 Å². The summed E-state index contributed by atoms with van der Waals surface area (Å²) in [7, 11) is 0. The highest BCUT2D eigenvalue weighted by Gasteiger charge is 2.58. The maximum Gasteiger partial charge on any atom is 0.343 e. The molecule has 0 saturated heterocycles. The van der Waals surface area contributed by atoms with E-state index in [9.17, 15) is 30.0 Å². The number of aliphatic hydroxyl groups is 4. The molecule has 0 aromatic rings. The van der Waals surface area contributed by atoms with E-state index in [1.54, 1.807) is 32.9 Å². The summed E-state index contributed by atoms with van der Waals surface area (Å²) in [4.78, 5) is 23.9. The summed E-state index contributed by atoms with van der Waals surface area (Å²) >= 11 is 0. The minimum Gasteiger partial charge on any atom is -0.462 e. The number of rotatable bonds is 8. The van der Waals surface area contributed by atoms with E-state index < -0.39 is 34.3 Å². The van der Waals surface area contributed by atoms with E-state index in [-0.39, 0.29) is 29.5 Å². The number of hydrogen-bond acceptors (Lipinski definition) is 8. The number of hydrogen-bond donors (Lipinski definition) is 4. The lowest BCUT2D eigenvalue weighted by atomic mass is 9.57. The van der Waals surface area contributed by atoms with Crippen LogP contribution in [-0.4, -0.2) is 61.4 Å². The summed E-state index contributed by atoms with van der Waals surface area (Å²) in [6, 6.07) is 0. The van der Waals surface area contributed by atoms with Crippen LogP contribution in [0.1, 0.15) is 88.0 Å². The zero-order chi connectivity index (χ0) is 35.4. The normalized spacial score (nSPS) is 33.8. The molecule has 0 radical (unpaired) electrons. The Morgan fingerprint density at radius 3 is 2.11 bits per heavy atom. The van der Waals surface area contributed by atoms with Gasteiger partial charge in [0.25, 0.3) is 0 Å². The molecule has 5 atom stereocenters. The Bertz CT molecular complexity index is 1470. The van der Waals surface area contributed by atoms with Crippen LogP contribution in [0.15, 0.2) is 101 Å². The maximum absolute atomic E-state index is 12.5. The van der Waals surface area contributed by atoms with Gasteiger partial charge in [-0.1, -0.05) is 64.2 Å². The first-order valence-corrected chi connectivity index (χ1v) is 16.1. The molecular weight excluding hydrogens is 596 g/mol. The molecule has 3 rings (SSSR count). The number of allylic oxidation sites excluding steroid dienone is 10. The van der Waals surface area contributed by atoms with Crippen molar-refractivity contribution in [2.75, 3.05) is 0 Å².